The number of fused-ring (bicyclic) bond motifs is 1. The van der Waals surface area contributed by atoms with E-state index in [-0.39, 0.29) is 5.78 Å². The topological polar surface area (TPSA) is 34.9 Å². The minimum Gasteiger partial charge on any atom is -0.287 e. The molecule has 0 spiro atoms. The fourth-order valence-electron chi connectivity index (χ4n) is 2.12. The average Bonchev–Trinajstić information content (AvgIpc) is 2.77. The molecule has 1 aromatic heterocycles. The van der Waals surface area contributed by atoms with Crippen molar-refractivity contribution in [2.45, 2.75) is 0 Å². The number of carbonyl (C=O) groups excluding carboxylic acids is 1. The molecule has 0 aliphatic heterocycles. The van der Waals surface area contributed by atoms with Crippen LogP contribution in [-0.2, 0) is 7.05 Å². The largest absolute Gasteiger partial charge is 0.287 e. The minimum absolute atomic E-state index is 0.0341. The van der Waals surface area contributed by atoms with E-state index in [0.717, 1.165) is 14.5 Å². The molecule has 3 nitrogen and oxygen atoms in total. The summed E-state index contributed by atoms with van der Waals surface area (Å²) in [5.41, 5.74) is 2.15. The van der Waals surface area contributed by atoms with Crippen LogP contribution >= 0.6 is 22.6 Å². The number of para-hydroxylation sites is 1. The van der Waals surface area contributed by atoms with E-state index in [1.165, 1.54) is 0 Å². The van der Waals surface area contributed by atoms with Crippen molar-refractivity contribution in [2.75, 3.05) is 0 Å². The van der Waals surface area contributed by atoms with Gasteiger partial charge in [-0.3, -0.25) is 9.48 Å². The quantitative estimate of drug-likeness (QED) is 0.517. The van der Waals surface area contributed by atoms with Crippen molar-refractivity contribution in [3.63, 3.8) is 0 Å². The first kappa shape index (κ1) is 12.3. The Hall–Kier alpha value is -1.69. The smallest absolute Gasteiger partial charge is 0.213 e. The highest BCUT2D eigenvalue weighted by Gasteiger charge is 2.17. The number of hydrogen-bond donors (Lipinski definition) is 0. The maximum atomic E-state index is 12.5. The summed E-state index contributed by atoms with van der Waals surface area (Å²) in [6.45, 7) is 0. The van der Waals surface area contributed by atoms with E-state index in [1.807, 2.05) is 55.6 Å². The standard InChI is InChI=1S/C15H11IN2O/c1-18-13-5-3-2-4-12(13)14(17-18)15(19)10-6-8-11(16)9-7-10/h2-9H,1H3. The molecule has 19 heavy (non-hydrogen) atoms. The van der Waals surface area contributed by atoms with Crippen LogP contribution in [0.1, 0.15) is 16.1 Å². The molecule has 0 unspecified atom stereocenters. The van der Waals surface area contributed by atoms with Gasteiger partial charge >= 0.3 is 0 Å². The molecule has 0 amide bonds. The number of aryl methyl sites for hydroxylation is 1. The van der Waals surface area contributed by atoms with Crippen molar-refractivity contribution in [1.29, 1.82) is 0 Å². The van der Waals surface area contributed by atoms with E-state index >= 15 is 0 Å². The van der Waals surface area contributed by atoms with E-state index in [2.05, 4.69) is 27.7 Å². The lowest BCUT2D eigenvalue weighted by atomic mass is 10.1. The zero-order valence-corrected chi connectivity index (χ0v) is 12.5. The van der Waals surface area contributed by atoms with E-state index in [9.17, 15) is 4.79 Å². The van der Waals surface area contributed by atoms with E-state index in [1.54, 1.807) is 4.68 Å². The van der Waals surface area contributed by atoms with Crippen LogP contribution in [0.5, 0.6) is 0 Å². The van der Waals surface area contributed by atoms with Crippen molar-refractivity contribution in [2.24, 2.45) is 7.05 Å². The zero-order chi connectivity index (χ0) is 13.4. The van der Waals surface area contributed by atoms with Crippen molar-refractivity contribution in [3.8, 4) is 0 Å². The molecule has 2 aromatic carbocycles. The zero-order valence-electron chi connectivity index (χ0n) is 10.3. The van der Waals surface area contributed by atoms with Gasteiger partial charge in [0, 0.05) is 21.6 Å². The number of aromatic nitrogens is 2. The molecule has 4 heteroatoms. The molecular weight excluding hydrogens is 351 g/mol. The lowest BCUT2D eigenvalue weighted by Gasteiger charge is -1.98. The first-order valence-electron chi connectivity index (χ1n) is 5.89. The third kappa shape index (κ3) is 2.16. The number of nitrogens with zero attached hydrogens (tertiary/aromatic N) is 2. The highest BCUT2D eigenvalue weighted by Crippen LogP contribution is 2.20. The normalized spacial score (nSPS) is 10.8. The van der Waals surface area contributed by atoms with Crippen molar-refractivity contribution < 1.29 is 4.79 Å². The fraction of sp³-hybridized carbons (Fsp3) is 0.0667. The molecular formula is C15H11IN2O. The van der Waals surface area contributed by atoms with Gasteiger partial charge in [0.15, 0.2) is 0 Å². The molecule has 0 bridgehead atoms. The summed E-state index contributed by atoms with van der Waals surface area (Å²) in [6, 6.07) is 15.3. The predicted molar refractivity (Wildman–Crippen MR) is 83.3 cm³/mol. The Morgan fingerprint density at radius 2 is 1.79 bits per heavy atom. The summed E-state index contributed by atoms with van der Waals surface area (Å²) in [5.74, 6) is -0.0341. The van der Waals surface area contributed by atoms with Gasteiger partial charge in [-0.05, 0) is 52.9 Å². The lowest BCUT2D eigenvalue weighted by molar-refractivity contribution is 0.103. The molecule has 3 aromatic rings. The maximum absolute atomic E-state index is 12.5. The van der Waals surface area contributed by atoms with Gasteiger partial charge in [0.05, 0.1) is 5.52 Å². The molecule has 0 fully saturated rings. The van der Waals surface area contributed by atoms with Crippen LogP contribution in [0.25, 0.3) is 10.9 Å². The molecule has 0 atom stereocenters. The Morgan fingerprint density at radius 1 is 1.11 bits per heavy atom. The first-order valence-corrected chi connectivity index (χ1v) is 6.97. The molecule has 3 rings (SSSR count). The Kier molecular flexibility index (Phi) is 3.10. The summed E-state index contributed by atoms with van der Waals surface area (Å²) in [7, 11) is 1.85. The van der Waals surface area contributed by atoms with Crippen LogP contribution < -0.4 is 0 Å². The molecule has 94 valence electrons. The molecule has 1 heterocycles. The van der Waals surface area contributed by atoms with Crippen molar-refractivity contribution >= 4 is 39.3 Å². The van der Waals surface area contributed by atoms with Gasteiger partial charge in [-0.2, -0.15) is 5.10 Å². The maximum Gasteiger partial charge on any atom is 0.213 e. The van der Waals surface area contributed by atoms with Crippen LogP contribution in [0.15, 0.2) is 48.5 Å². The molecule has 0 radical (unpaired) electrons. The van der Waals surface area contributed by atoms with Crippen LogP contribution in [-0.4, -0.2) is 15.6 Å². The minimum atomic E-state index is -0.0341. The summed E-state index contributed by atoms with van der Waals surface area (Å²) in [4.78, 5) is 12.5. The Balaban J connectivity index is 2.14. The van der Waals surface area contributed by atoms with Crippen LogP contribution in [0.4, 0.5) is 0 Å². The first-order chi connectivity index (χ1) is 9.16. The summed E-state index contributed by atoms with van der Waals surface area (Å²) >= 11 is 2.22. The number of carbonyl (C=O) groups is 1. The molecule has 0 saturated heterocycles. The second kappa shape index (κ2) is 4.77. The molecule has 0 N–H and O–H groups in total. The third-order valence-corrected chi connectivity index (χ3v) is 3.80. The summed E-state index contributed by atoms with van der Waals surface area (Å²) in [6.07, 6.45) is 0. The predicted octanol–water partition coefficient (Wildman–Crippen LogP) is 3.41. The number of hydrogen-bond acceptors (Lipinski definition) is 2. The molecule has 0 saturated carbocycles. The number of ketones is 1. The van der Waals surface area contributed by atoms with Crippen molar-refractivity contribution in [1.82, 2.24) is 9.78 Å². The Morgan fingerprint density at radius 3 is 2.53 bits per heavy atom. The molecule has 0 aliphatic carbocycles. The van der Waals surface area contributed by atoms with Crippen LogP contribution in [0, 0.1) is 3.57 Å². The summed E-state index contributed by atoms with van der Waals surface area (Å²) in [5, 5.41) is 5.25. The Labute approximate surface area is 124 Å². The van der Waals surface area contributed by atoms with Gasteiger partial charge in [-0.25, -0.2) is 0 Å². The number of benzene rings is 2. The van der Waals surface area contributed by atoms with E-state index in [4.69, 9.17) is 0 Å². The highest BCUT2D eigenvalue weighted by atomic mass is 127. The monoisotopic (exact) mass is 362 g/mol. The number of halogens is 1. The van der Waals surface area contributed by atoms with Gasteiger partial charge in [-0.15, -0.1) is 0 Å². The van der Waals surface area contributed by atoms with Crippen LogP contribution in [0.2, 0.25) is 0 Å². The molecule has 0 aliphatic rings. The van der Waals surface area contributed by atoms with Crippen molar-refractivity contribution in [3.05, 3.63) is 63.4 Å². The van der Waals surface area contributed by atoms with E-state index < -0.39 is 0 Å². The van der Waals surface area contributed by atoms with Gasteiger partial charge in [0.2, 0.25) is 5.78 Å². The average molecular weight is 362 g/mol. The van der Waals surface area contributed by atoms with Gasteiger partial charge in [0.25, 0.3) is 0 Å². The lowest BCUT2D eigenvalue weighted by Crippen LogP contribution is -2.03. The second-order valence-electron chi connectivity index (χ2n) is 4.33. The second-order valence-corrected chi connectivity index (χ2v) is 5.57. The van der Waals surface area contributed by atoms with Gasteiger partial charge in [0.1, 0.15) is 5.69 Å². The van der Waals surface area contributed by atoms with Gasteiger partial charge < -0.3 is 0 Å². The highest BCUT2D eigenvalue weighted by molar-refractivity contribution is 14.1. The fourth-order valence-corrected chi connectivity index (χ4v) is 2.48. The SMILES string of the molecule is Cn1nc(C(=O)c2ccc(I)cc2)c2ccccc21. The Bertz CT molecular complexity index is 759. The number of rotatable bonds is 2. The van der Waals surface area contributed by atoms with E-state index in [0.29, 0.717) is 11.3 Å². The summed E-state index contributed by atoms with van der Waals surface area (Å²) < 4.78 is 2.86. The van der Waals surface area contributed by atoms with Crippen LogP contribution in [0.3, 0.4) is 0 Å². The van der Waals surface area contributed by atoms with Gasteiger partial charge in [-0.1, -0.05) is 18.2 Å². The third-order valence-electron chi connectivity index (χ3n) is 3.08.